The van der Waals surface area contributed by atoms with Gasteiger partial charge < -0.3 is 4.98 Å². The molecule has 1 aromatic carbocycles. The number of hydrogen-bond donors (Lipinski definition) is 1. The number of aryl methyl sites for hydroxylation is 2. The summed E-state index contributed by atoms with van der Waals surface area (Å²) in [4.78, 5) is 3.02. The molecule has 0 aliphatic carbocycles. The van der Waals surface area contributed by atoms with Gasteiger partial charge in [-0.2, -0.15) is 0 Å². The first-order valence-electron chi connectivity index (χ1n) is 5.23. The lowest BCUT2D eigenvalue weighted by molar-refractivity contribution is 0.151. The number of benzene rings is 1. The molecule has 2 rings (SSSR count). The second-order valence-corrected chi connectivity index (χ2v) is 4.02. The summed E-state index contributed by atoms with van der Waals surface area (Å²) < 4.78 is 38.6. The fourth-order valence-corrected chi connectivity index (χ4v) is 1.77. The Morgan fingerprint density at radius 1 is 1.12 bits per heavy atom. The fraction of sp³-hybridized carbons (Fsp3) is 0.231. The minimum atomic E-state index is -2.69. The summed E-state index contributed by atoms with van der Waals surface area (Å²) in [6.07, 6.45) is -2.69. The van der Waals surface area contributed by atoms with E-state index >= 15 is 0 Å². The molecule has 0 atom stereocenters. The van der Waals surface area contributed by atoms with Crippen LogP contribution in [0.15, 0.2) is 24.3 Å². The Balaban J connectivity index is 2.58. The topological polar surface area (TPSA) is 15.8 Å². The molecule has 4 heteroatoms. The molecule has 2 aromatic rings. The Bertz CT molecular complexity index is 524. The number of rotatable bonds is 2. The summed E-state index contributed by atoms with van der Waals surface area (Å²) in [6, 6.07) is 5.23. The number of halogens is 3. The Morgan fingerprint density at radius 2 is 1.82 bits per heavy atom. The summed E-state index contributed by atoms with van der Waals surface area (Å²) in [6.45, 7) is 3.76. The number of nitrogens with one attached hydrogen (secondary N) is 1. The number of hydrogen-bond acceptors (Lipinski definition) is 0. The van der Waals surface area contributed by atoms with Gasteiger partial charge in [-0.1, -0.05) is 0 Å². The van der Waals surface area contributed by atoms with Crippen LogP contribution in [0.3, 0.4) is 0 Å². The molecule has 1 nitrogen and oxygen atoms in total. The van der Waals surface area contributed by atoms with Gasteiger partial charge in [0.25, 0.3) is 6.43 Å². The van der Waals surface area contributed by atoms with Gasteiger partial charge >= 0.3 is 0 Å². The van der Waals surface area contributed by atoms with Crippen LogP contribution in [0, 0.1) is 19.7 Å². The molecule has 1 N–H and O–H groups in total. The molecular weight excluding hydrogens is 227 g/mol. The van der Waals surface area contributed by atoms with E-state index in [1.807, 2.05) is 13.8 Å². The van der Waals surface area contributed by atoms with Gasteiger partial charge in [0.15, 0.2) is 0 Å². The highest BCUT2D eigenvalue weighted by Gasteiger charge is 2.16. The number of alkyl halides is 2. The first-order valence-corrected chi connectivity index (χ1v) is 5.23. The van der Waals surface area contributed by atoms with Crippen molar-refractivity contribution in [3.63, 3.8) is 0 Å². The predicted molar refractivity (Wildman–Crippen MR) is 60.6 cm³/mol. The van der Waals surface area contributed by atoms with Gasteiger partial charge in [0, 0.05) is 22.5 Å². The third-order valence-corrected chi connectivity index (χ3v) is 2.81. The minimum absolute atomic E-state index is 0.286. The molecule has 0 aliphatic heterocycles. The second-order valence-electron chi connectivity index (χ2n) is 4.02. The van der Waals surface area contributed by atoms with E-state index in [0.29, 0.717) is 11.3 Å². The van der Waals surface area contributed by atoms with Crippen molar-refractivity contribution in [2.45, 2.75) is 20.3 Å². The van der Waals surface area contributed by atoms with Gasteiger partial charge in [0.2, 0.25) is 0 Å². The molecule has 17 heavy (non-hydrogen) atoms. The molecule has 0 saturated heterocycles. The third-order valence-electron chi connectivity index (χ3n) is 2.81. The second kappa shape index (κ2) is 4.28. The molecule has 1 aromatic heterocycles. The summed E-state index contributed by atoms with van der Waals surface area (Å²) in [5.74, 6) is -0.649. The normalized spacial score (nSPS) is 11.2. The molecular formula is C13H12F3N. The van der Waals surface area contributed by atoms with Gasteiger partial charge in [-0.3, -0.25) is 0 Å². The van der Waals surface area contributed by atoms with Gasteiger partial charge in [-0.15, -0.1) is 0 Å². The molecule has 1 heterocycles. The SMILES string of the molecule is Cc1cc(-c2ccc(F)cc2C(F)F)[nH]c1C. The van der Waals surface area contributed by atoms with E-state index in [2.05, 4.69) is 4.98 Å². The van der Waals surface area contributed by atoms with Gasteiger partial charge in [0.1, 0.15) is 5.82 Å². The summed E-state index contributed by atoms with van der Waals surface area (Å²) in [5.41, 5.74) is 2.56. The molecule has 0 spiro atoms. The van der Waals surface area contributed by atoms with E-state index < -0.39 is 12.2 Å². The van der Waals surface area contributed by atoms with Crippen LogP contribution in [0.25, 0.3) is 11.3 Å². The maximum absolute atomic E-state index is 13.0. The zero-order valence-corrected chi connectivity index (χ0v) is 9.52. The highest BCUT2D eigenvalue weighted by molar-refractivity contribution is 5.65. The van der Waals surface area contributed by atoms with Crippen LogP contribution in [0.5, 0.6) is 0 Å². The Labute approximate surface area is 97.3 Å². The summed E-state index contributed by atoms with van der Waals surface area (Å²) in [5, 5.41) is 0. The monoisotopic (exact) mass is 239 g/mol. The number of aromatic nitrogens is 1. The standard InChI is InChI=1S/C13H12F3N/c1-7-5-12(17-8(7)2)10-4-3-9(14)6-11(10)13(15)16/h3-6,13,17H,1-2H3. The molecule has 0 amide bonds. The number of H-pyrrole nitrogens is 1. The maximum atomic E-state index is 13.0. The average Bonchev–Trinajstić information content (AvgIpc) is 2.59. The van der Waals surface area contributed by atoms with Crippen LogP contribution in [-0.2, 0) is 0 Å². The van der Waals surface area contributed by atoms with Crippen molar-refractivity contribution in [2.24, 2.45) is 0 Å². The van der Waals surface area contributed by atoms with Crippen LogP contribution < -0.4 is 0 Å². The van der Waals surface area contributed by atoms with Crippen molar-refractivity contribution < 1.29 is 13.2 Å². The number of aromatic amines is 1. The van der Waals surface area contributed by atoms with Crippen molar-refractivity contribution in [1.82, 2.24) is 4.98 Å². The lowest BCUT2D eigenvalue weighted by atomic mass is 10.0. The zero-order valence-electron chi connectivity index (χ0n) is 9.52. The Hall–Kier alpha value is -1.71. The molecule has 0 bridgehead atoms. The smallest absolute Gasteiger partial charge is 0.264 e. The van der Waals surface area contributed by atoms with E-state index in [9.17, 15) is 13.2 Å². The Morgan fingerprint density at radius 3 is 2.35 bits per heavy atom. The first-order chi connectivity index (χ1) is 7.99. The van der Waals surface area contributed by atoms with Gasteiger partial charge in [0.05, 0.1) is 0 Å². The lowest BCUT2D eigenvalue weighted by Gasteiger charge is -2.07. The summed E-state index contributed by atoms with van der Waals surface area (Å²) in [7, 11) is 0. The summed E-state index contributed by atoms with van der Waals surface area (Å²) >= 11 is 0. The van der Waals surface area contributed by atoms with Crippen LogP contribution in [0.4, 0.5) is 13.2 Å². The van der Waals surface area contributed by atoms with Crippen molar-refractivity contribution in [3.8, 4) is 11.3 Å². The van der Waals surface area contributed by atoms with Crippen molar-refractivity contribution >= 4 is 0 Å². The lowest BCUT2D eigenvalue weighted by Crippen LogP contribution is -1.92. The van der Waals surface area contributed by atoms with E-state index in [0.717, 1.165) is 17.3 Å². The van der Waals surface area contributed by atoms with Crippen molar-refractivity contribution in [3.05, 3.63) is 46.9 Å². The van der Waals surface area contributed by atoms with E-state index in [1.54, 1.807) is 6.07 Å². The van der Waals surface area contributed by atoms with Gasteiger partial charge in [-0.25, -0.2) is 13.2 Å². The highest BCUT2D eigenvalue weighted by atomic mass is 19.3. The minimum Gasteiger partial charge on any atom is -0.358 e. The fourth-order valence-electron chi connectivity index (χ4n) is 1.77. The molecule has 0 aliphatic rings. The van der Waals surface area contributed by atoms with Crippen LogP contribution in [0.1, 0.15) is 23.2 Å². The molecule has 0 fully saturated rings. The van der Waals surface area contributed by atoms with Crippen molar-refractivity contribution in [1.29, 1.82) is 0 Å². The quantitative estimate of drug-likeness (QED) is 0.800. The first kappa shape index (κ1) is 11.8. The van der Waals surface area contributed by atoms with E-state index in [1.165, 1.54) is 12.1 Å². The van der Waals surface area contributed by atoms with Gasteiger partial charge in [-0.05, 0) is 43.7 Å². The van der Waals surface area contributed by atoms with E-state index in [-0.39, 0.29) is 5.56 Å². The van der Waals surface area contributed by atoms with E-state index in [4.69, 9.17) is 0 Å². The maximum Gasteiger partial charge on any atom is 0.264 e. The average molecular weight is 239 g/mol. The predicted octanol–water partition coefficient (Wildman–Crippen LogP) is 4.38. The molecule has 0 unspecified atom stereocenters. The van der Waals surface area contributed by atoms with Crippen LogP contribution in [0.2, 0.25) is 0 Å². The molecule has 0 saturated carbocycles. The zero-order chi connectivity index (χ0) is 12.6. The molecule has 90 valence electrons. The highest BCUT2D eigenvalue weighted by Crippen LogP contribution is 2.32. The van der Waals surface area contributed by atoms with Crippen LogP contribution in [-0.4, -0.2) is 4.98 Å². The molecule has 0 radical (unpaired) electrons. The van der Waals surface area contributed by atoms with Crippen molar-refractivity contribution in [2.75, 3.05) is 0 Å². The largest absolute Gasteiger partial charge is 0.358 e. The Kier molecular flexibility index (Phi) is 2.96. The third kappa shape index (κ3) is 2.20. The van der Waals surface area contributed by atoms with Crippen LogP contribution >= 0.6 is 0 Å².